The third-order valence-corrected chi connectivity index (χ3v) is 4.55. The summed E-state index contributed by atoms with van der Waals surface area (Å²) in [5, 5.41) is 0. The first kappa shape index (κ1) is 15.6. The van der Waals surface area contributed by atoms with Gasteiger partial charge in [-0.3, -0.25) is 0 Å². The van der Waals surface area contributed by atoms with Gasteiger partial charge in [0.1, 0.15) is 11.5 Å². The lowest BCUT2D eigenvalue weighted by Crippen LogP contribution is -2.17. The van der Waals surface area contributed by atoms with Crippen LogP contribution in [-0.4, -0.2) is 38.6 Å². The number of rotatable bonds is 10. The lowest BCUT2D eigenvalue weighted by Gasteiger charge is -2.16. The zero-order valence-electron chi connectivity index (χ0n) is 13.5. The van der Waals surface area contributed by atoms with Crippen molar-refractivity contribution in [3.63, 3.8) is 0 Å². The number of epoxide rings is 2. The van der Waals surface area contributed by atoms with Crippen molar-refractivity contribution in [2.75, 3.05) is 26.4 Å². The van der Waals surface area contributed by atoms with Gasteiger partial charge in [-0.1, -0.05) is 19.9 Å². The Morgan fingerprint density at radius 1 is 0.955 bits per heavy atom. The topological polar surface area (TPSA) is 43.5 Å². The summed E-state index contributed by atoms with van der Waals surface area (Å²) < 4.78 is 22.5. The van der Waals surface area contributed by atoms with Gasteiger partial charge in [-0.15, -0.1) is 0 Å². The van der Waals surface area contributed by atoms with Gasteiger partial charge in [0.2, 0.25) is 0 Å². The van der Waals surface area contributed by atoms with Crippen LogP contribution in [0.4, 0.5) is 0 Å². The van der Waals surface area contributed by atoms with Crippen LogP contribution < -0.4 is 9.47 Å². The Balaban J connectivity index is 1.48. The van der Waals surface area contributed by atoms with E-state index >= 15 is 0 Å². The van der Waals surface area contributed by atoms with E-state index in [1.807, 2.05) is 24.3 Å². The molecule has 1 aromatic rings. The molecule has 0 spiro atoms. The third-order valence-electron chi connectivity index (χ3n) is 4.55. The monoisotopic (exact) mass is 306 g/mol. The summed E-state index contributed by atoms with van der Waals surface area (Å²) in [6.45, 7) is 7.54. The highest BCUT2D eigenvalue weighted by molar-refractivity contribution is 5.33. The Kier molecular flexibility index (Phi) is 5.21. The molecule has 4 unspecified atom stereocenters. The normalized spacial score (nSPS) is 25.4. The van der Waals surface area contributed by atoms with Crippen LogP contribution in [0.1, 0.15) is 26.7 Å². The van der Waals surface area contributed by atoms with Crippen LogP contribution in [0.2, 0.25) is 0 Å². The maximum Gasteiger partial charge on any atom is 0.123 e. The molecule has 2 saturated heterocycles. The minimum absolute atomic E-state index is 0.397. The Labute approximate surface area is 132 Å². The van der Waals surface area contributed by atoms with E-state index in [-0.39, 0.29) is 0 Å². The minimum Gasteiger partial charge on any atom is -0.493 e. The van der Waals surface area contributed by atoms with Crippen LogP contribution in [-0.2, 0) is 9.47 Å². The van der Waals surface area contributed by atoms with Gasteiger partial charge < -0.3 is 18.9 Å². The van der Waals surface area contributed by atoms with Crippen molar-refractivity contribution >= 4 is 0 Å². The Hall–Kier alpha value is -1.26. The van der Waals surface area contributed by atoms with Gasteiger partial charge in [0, 0.05) is 17.9 Å². The lowest BCUT2D eigenvalue weighted by atomic mass is 10.0. The first-order valence-corrected chi connectivity index (χ1v) is 8.39. The van der Waals surface area contributed by atoms with Crippen LogP contribution in [0.25, 0.3) is 0 Å². The molecule has 0 saturated carbocycles. The molecule has 0 N–H and O–H groups in total. The quantitative estimate of drug-likeness (QED) is 0.622. The van der Waals surface area contributed by atoms with E-state index in [4.69, 9.17) is 18.9 Å². The summed E-state index contributed by atoms with van der Waals surface area (Å²) in [4.78, 5) is 0. The summed E-state index contributed by atoms with van der Waals surface area (Å²) in [6, 6.07) is 7.91. The van der Waals surface area contributed by atoms with Crippen molar-refractivity contribution in [3.8, 4) is 11.5 Å². The Morgan fingerprint density at radius 3 is 1.77 bits per heavy atom. The molecule has 4 atom stereocenters. The van der Waals surface area contributed by atoms with Gasteiger partial charge in [0.25, 0.3) is 0 Å². The van der Waals surface area contributed by atoms with E-state index in [0.29, 0.717) is 37.3 Å². The average molecular weight is 306 g/mol. The first-order chi connectivity index (χ1) is 10.8. The summed E-state index contributed by atoms with van der Waals surface area (Å²) in [7, 11) is 0. The SMILES string of the molecule is CCC(COc1cccc(OCC(CC)C2CO2)c1)C1CO1. The van der Waals surface area contributed by atoms with E-state index in [2.05, 4.69) is 13.8 Å². The fraction of sp³-hybridized carbons (Fsp3) is 0.667. The fourth-order valence-corrected chi connectivity index (χ4v) is 2.69. The molecule has 0 bridgehead atoms. The van der Waals surface area contributed by atoms with Gasteiger partial charge in [-0.2, -0.15) is 0 Å². The third kappa shape index (κ3) is 4.37. The van der Waals surface area contributed by atoms with E-state index in [1.165, 1.54) is 0 Å². The summed E-state index contributed by atoms with van der Waals surface area (Å²) in [5.74, 6) is 2.71. The molecule has 3 rings (SSSR count). The van der Waals surface area contributed by atoms with Gasteiger partial charge in [0.05, 0.1) is 38.6 Å². The zero-order chi connectivity index (χ0) is 15.4. The molecule has 0 amide bonds. The lowest BCUT2D eigenvalue weighted by molar-refractivity contribution is 0.199. The molecule has 2 aliphatic heterocycles. The molecule has 1 aromatic carbocycles. The predicted octanol–water partition coefficient (Wildman–Crippen LogP) is 3.29. The number of hydrogen-bond acceptors (Lipinski definition) is 4. The second-order valence-electron chi connectivity index (χ2n) is 6.18. The van der Waals surface area contributed by atoms with Crippen molar-refractivity contribution in [3.05, 3.63) is 24.3 Å². The molecule has 2 heterocycles. The molecular weight excluding hydrogens is 280 g/mol. The van der Waals surface area contributed by atoms with Gasteiger partial charge in [-0.25, -0.2) is 0 Å². The summed E-state index contributed by atoms with van der Waals surface area (Å²) in [6.07, 6.45) is 2.96. The minimum atomic E-state index is 0.397. The second kappa shape index (κ2) is 7.34. The molecule has 2 aliphatic rings. The van der Waals surface area contributed by atoms with Crippen LogP contribution in [0.3, 0.4) is 0 Å². The Bertz CT molecular complexity index is 429. The Morgan fingerprint density at radius 2 is 1.41 bits per heavy atom. The maximum absolute atomic E-state index is 5.91. The van der Waals surface area contributed by atoms with E-state index in [0.717, 1.165) is 37.6 Å². The largest absolute Gasteiger partial charge is 0.493 e. The van der Waals surface area contributed by atoms with Crippen molar-refractivity contribution in [1.29, 1.82) is 0 Å². The average Bonchev–Trinajstić information content (AvgIpc) is 3.41. The van der Waals surface area contributed by atoms with Crippen LogP contribution in [0.5, 0.6) is 11.5 Å². The number of benzene rings is 1. The molecular formula is C18H26O4. The molecule has 0 aliphatic carbocycles. The molecule has 122 valence electrons. The predicted molar refractivity (Wildman–Crippen MR) is 84.5 cm³/mol. The number of ether oxygens (including phenoxy) is 4. The zero-order valence-corrected chi connectivity index (χ0v) is 13.5. The highest BCUT2D eigenvalue weighted by Gasteiger charge is 2.32. The van der Waals surface area contributed by atoms with Crippen molar-refractivity contribution in [2.45, 2.75) is 38.9 Å². The molecule has 2 fully saturated rings. The smallest absolute Gasteiger partial charge is 0.123 e. The van der Waals surface area contributed by atoms with E-state index in [1.54, 1.807) is 0 Å². The van der Waals surface area contributed by atoms with Crippen LogP contribution in [0, 0.1) is 11.8 Å². The number of hydrogen-bond donors (Lipinski definition) is 0. The van der Waals surface area contributed by atoms with Crippen molar-refractivity contribution in [1.82, 2.24) is 0 Å². The molecule has 4 heteroatoms. The fourth-order valence-electron chi connectivity index (χ4n) is 2.69. The standard InChI is InChI=1S/C18H26O4/c1-3-13(17-11-21-17)9-19-15-6-5-7-16(8-15)20-10-14(4-2)18-12-22-18/h5-8,13-14,17-18H,3-4,9-12H2,1-2H3. The van der Waals surface area contributed by atoms with Crippen LogP contribution >= 0.6 is 0 Å². The highest BCUT2D eigenvalue weighted by Crippen LogP contribution is 2.27. The van der Waals surface area contributed by atoms with Gasteiger partial charge >= 0.3 is 0 Å². The van der Waals surface area contributed by atoms with E-state index < -0.39 is 0 Å². The van der Waals surface area contributed by atoms with Crippen molar-refractivity contribution < 1.29 is 18.9 Å². The molecule has 0 radical (unpaired) electrons. The molecule has 0 aromatic heterocycles. The molecule has 4 nitrogen and oxygen atoms in total. The van der Waals surface area contributed by atoms with Gasteiger partial charge in [0.15, 0.2) is 0 Å². The first-order valence-electron chi connectivity index (χ1n) is 8.39. The highest BCUT2D eigenvalue weighted by atomic mass is 16.6. The maximum atomic E-state index is 5.91. The van der Waals surface area contributed by atoms with E-state index in [9.17, 15) is 0 Å². The second-order valence-corrected chi connectivity index (χ2v) is 6.18. The van der Waals surface area contributed by atoms with Crippen LogP contribution in [0.15, 0.2) is 24.3 Å². The van der Waals surface area contributed by atoms with Crippen molar-refractivity contribution in [2.24, 2.45) is 11.8 Å². The summed E-state index contributed by atoms with van der Waals surface area (Å²) in [5.41, 5.74) is 0. The summed E-state index contributed by atoms with van der Waals surface area (Å²) >= 11 is 0. The molecule has 22 heavy (non-hydrogen) atoms. The van der Waals surface area contributed by atoms with Gasteiger partial charge in [-0.05, 0) is 25.0 Å².